The van der Waals surface area contributed by atoms with E-state index in [2.05, 4.69) is 67.7 Å². The molecule has 29 heavy (non-hydrogen) atoms. The van der Waals surface area contributed by atoms with Gasteiger partial charge in [0.05, 0.1) is 13.2 Å². The summed E-state index contributed by atoms with van der Waals surface area (Å²) in [5, 5.41) is 0.104. The van der Waals surface area contributed by atoms with Crippen molar-refractivity contribution in [2.24, 2.45) is 0 Å². The third-order valence-corrected chi connectivity index (χ3v) is 15.4. The first-order valence-electron chi connectivity index (χ1n) is 10.5. The van der Waals surface area contributed by atoms with Crippen molar-refractivity contribution in [1.82, 2.24) is 0 Å². The quantitative estimate of drug-likeness (QED) is 0.323. The van der Waals surface area contributed by atoms with Crippen LogP contribution < -0.4 is 0 Å². The van der Waals surface area contributed by atoms with E-state index in [4.69, 9.17) is 13.6 Å². The predicted octanol–water partition coefficient (Wildman–Crippen LogP) is 6.18. The number of rotatable bonds is 10. The first-order chi connectivity index (χ1) is 13.1. The summed E-state index contributed by atoms with van der Waals surface area (Å²) in [6.45, 7) is 22.7. The molecule has 0 N–H and O–H groups in total. The average molecular weight is 439 g/mol. The fraction of sp³-hybridized carbons (Fsp3) is 0.696. The Kier molecular flexibility index (Phi) is 9.05. The van der Waals surface area contributed by atoms with E-state index in [0.29, 0.717) is 13.2 Å². The molecule has 0 aliphatic heterocycles. The van der Waals surface area contributed by atoms with Crippen LogP contribution in [-0.2, 0) is 25.0 Å². The number of carbonyl (C=O) groups is 1. The standard InChI is InChI=1S/C23H42O4Si2/c1-22(2,3)28(7,8)26-18-21(25-17-19-14-12-11-13-15-19)20(16-24)27-29(9,10)23(4,5)6/h11-16,20-21H,17-18H2,1-10H3/t20-,21+/m0/s1. The molecule has 0 fully saturated rings. The van der Waals surface area contributed by atoms with Crippen molar-refractivity contribution < 1.29 is 18.4 Å². The maximum atomic E-state index is 12.1. The van der Waals surface area contributed by atoms with Crippen molar-refractivity contribution in [2.45, 2.75) is 96.6 Å². The van der Waals surface area contributed by atoms with E-state index in [1.165, 1.54) is 0 Å². The van der Waals surface area contributed by atoms with Crippen molar-refractivity contribution >= 4 is 22.9 Å². The second kappa shape index (κ2) is 10.0. The molecule has 0 bridgehead atoms. The molecule has 0 aliphatic rings. The first-order valence-corrected chi connectivity index (χ1v) is 16.3. The second-order valence-corrected chi connectivity index (χ2v) is 20.5. The van der Waals surface area contributed by atoms with Crippen molar-refractivity contribution in [3.8, 4) is 0 Å². The van der Waals surface area contributed by atoms with Gasteiger partial charge in [-0.25, -0.2) is 0 Å². The molecular weight excluding hydrogens is 396 g/mol. The largest absolute Gasteiger partial charge is 0.414 e. The Labute approximate surface area is 180 Å². The van der Waals surface area contributed by atoms with Gasteiger partial charge in [0.1, 0.15) is 18.5 Å². The van der Waals surface area contributed by atoms with Crippen molar-refractivity contribution in [2.75, 3.05) is 6.61 Å². The lowest BCUT2D eigenvalue weighted by Gasteiger charge is -2.41. The number of aldehydes is 1. The smallest absolute Gasteiger partial charge is 0.193 e. The van der Waals surface area contributed by atoms with Crippen LogP contribution in [0.15, 0.2) is 30.3 Å². The molecule has 1 aromatic rings. The monoisotopic (exact) mass is 438 g/mol. The van der Waals surface area contributed by atoms with Gasteiger partial charge in [-0.05, 0) is 41.8 Å². The molecule has 0 saturated carbocycles. The molecular formula is C23H42O4Si2. The van der Waals surface area contributed by atoms with E-state index in [1.54, 1.807) is 0 Å². The van der Waals surface area contributed by atoms with Crippen LogP contribution in [0.3, 0.4) is 0 Å². The summed E-state index contributed by atoms with van der Waals surface area (Å²) in [6, 6.07) is 10.0. The van der Waals surface area contributed by atoms with Crippen LogP contribution in [-0.4, -0.2) is 41.7 Å². The molecule has 0 spiro atoms. The highest BCUT2D eigenvalue weighted by molar-refractivity contribution is 6.74. The van der Waals surface area contributed by atoms with Crippen LogP contribution in [0, 0.1) is 0 Å². The summed E-state index contributed by atoms with van der Waals surface area (Å²) in [4.78, 5) is 12.1. The topological polar surface area (TPSA) is 44.8 Å². The lowest BCUT2D eigenvalue weighted by atomic mass is 10.2. The van der Waals surface area contributed by atoms with Crippen LogP contribution in [0.4, 0.5) is 0 Å². The van der Waals surface area contributed by atoms with E-state index < -0.39 is 28.8 Å². The number of benzene rings is 1. The zero-order valence-electron chi connectivity index (χ0n) is 20.2. The summed E-state index contributed by atoms with van der Waals surface area (Å²) in [5.74, 6) is 0. The Balaban J connectivity index is 3.01. The molecule has 0 saturated heterocycles. The van der Waals surface area contributed by atoms with Crippen LogP contribution in [0.5, 0.6) is 0 Å². The molecule has 1 aromatic carbocycles. The van der Waals surface area contributed by atoms with Gasteiger partial charge in [0.2, 0.25) is 0 Å². The molecule has 0 amide bonds. The van der Waals surface area contributed by atoms with Crippen LogP contribution in [0.2, 0.25) is 36.3 Å². The van der Waals surface area contributed by atoms with Gasteiger partial charge in [-0.2, -0.15) is 0 Å². The molecule has 0 aromatic heterocycles. The molecule has 0 heterocycles. The number of hydrogen-bond donors (Lipinski definition) is 0. The van der Waals surface area contributed by atoms with Crippen molar-refractivity contribution in [3.63, 3.8) is 0 Å². The van der Waals surface area contributed by atoms with Gasteiger partial charge in [-0.3, -0.25) is 0 Å². The third kappa shape index (κ3) is 7.76. The molecule has 0 radical (unpaired) electrons. The van der Waals surface area contributed by atoms with E-state index >= 15 is 0 Å². The molecule has 1 rings (SSSR count). The Bertz CT molecular complexity index is 631. The van der Waals surface area contributed by atoms with Gasteiger partial charge < -0.3 is 18.4 Å². The fourth-order valence-corrected chi connectivity index (χ4v) is 4.49. The zero-order valence-corrected chi connectivity index (χ0v) is 22.2. The van der Waals surface area contributed by atoms with Crippen LogP contribution in [0.25, 0.3) is 0 Å². The Morgan fingerprint density at radius 3 is 1.86 bits per heavy atom. The first kappa shape index (κ1) is 26.2. The summed E-state index contributed by atoms with van der Waals surface area (Å²) in [5.41, 5.74) is 1.07. The van der Waals surface area contributed by atoms with Gasteiger partial charge >= 0.3 is 0 Å². The van der Waals surface area contributed by atoms with Crippen molar-refractivity contribution in [3.05, 3.63) is 35.9 Å². The minimum absolute atomic E-state index is 0.0124. The highest BCUT2D eigenvalue weighted by Gasteiger charge is 2.42. The summed E-state index contributed by atoms with van der Waals surface area (Å²) < 4.78 is 19.1. The molecule has 166 valence electrons. The lowest BCUT2D eigenvalue weighted by molar-refractivity contribution is -0.125. The zero-order chi connectivity index (χ0) is 22.5. The molecule has 6 heteroatoms. The third-order valence-electron chi connectivity index (χ3n) is 6.46. The van der Waals surface area contributed by atoms with Crippen molar-refractivity contribution in [1.29, 1.82) is 0 Å². The highest BCUT2D eigenvalue weighted by atomic mass is 28.4. The van der Waals surface area contributed by atoms with Crippen LogP contribution in [0.1, 0.15) is 47.1 Å². The molecule has 2 atom stereocenters. The fourth-order valence-electron chi connectivity index (χ4n) is 2.23. The molecule has 0 aliphatic carbocycles. The van der Waals surface area contributed by atoms with Gasteiger partial charge in [-0.1, -0.05) is 71.9 Å². The maximum absolute atomic E-state index is 12.1. The van der Waals surface area contributed by atoms with E-state index in [1.807, 2.05) is 30.3 Å². The summed E-state index contributed by atoms with van der Waals surface area (Å²) >= 11 is 0. The minimum atomic E-state index is -2.13. The summed E-state index contributed by atoms with van der Waals surface area (Å²) in [6.07, 6.45) is -0.175. The minimum Gasteiger partial charge on any atom is -0.414 e. The molecule has 4 nitrogen and oxygen atoms in total. The highest BCUT2D eigenvalue weighted by Crippen LogP contribution is 2.39. The van der Waals surface area contributed by atoms with Gasteiger partial charge in [-0.15, -0.1) is 0 Å². The normalized spacial score (nSPS) is 15.8. The van der Waals surface area contributed by atoms with Crippen LogP contribution >= 0.6 is 0 Å². The van der Waals surface area contributed by atoms with E-state index in [0.717, 1.165) is 11.8 Å². The molecule has 0 unspecified atom stereocenters. The lowest BCUT2D eigenvalue weighted by Crippen LogP contribution is -2.51. The van der Waals surface area contributed by atoms with Gasteiger partial charge in [0, 0.05) is 0 Å². The van der Waals surface area contributed by atoms with Gasteiger partial charge in [0.25, 0.3) is 0 Å². The van der Waals surface area contributed by atoms with E-state index in [9.17, 15) is 4.79 Å². The SMILES string of the molecule is CC(C)(C)[Si](C)(C)OC[C@@H](OCc1ccccc1)[C@H](C=O)O[Si](C)(C)C(C)(C)C. The Morgan fingerprint density at radius 2 is 1.41 bits per heavy atom. The predicted molar refractivity (Wildman–Crippen MR) is 126 cm³/mol. The van der Waals surface area contributed by atoms with E-state index in [-0.39, 0.29) is 10.1 Å². The van der Waals surface area contributed by atoms with Gasteiger partial charge in [0.15, 0.2) is 16.6 Å². The summed E-state index contributed by atoms with van der Waals surface area (Å²) in [7, 11) is -4.10. The number of carbonyl (C=O) groups excluding carboxylic acids is 1. The Morgan fingerprint density at radius 1 is 0.897 bits per heavy atom. The average Bonchev–Trinajstić information content (AvgIpc) is 2.59. The number of hydrogen-bond acceptors (Lipinski definition) is 4. The Hall–Kier alpha value is -0.796. The maximum Gasteiger partial charge on any atom is 0.193 e. The second-order valence-electron chi connectivity index (χ2n) is 10.9. The number of ether oxygens (including phenoxy) is 1.